The van der Waals surface area contributed by atoms with E-state index in [1.54, 1.807) is 12.1 Å². The molecule has 194 valence electrons. The molecule has 1 fully saturated rings. The van der Waals surface area contributed by atoms with Gasteiger partial charge in [0.1, 0.15) is 11.6 Å². The van der Waals surface area contributed by atoms with E-state index < -0.39 is 24.3 Å². The Balaban J connectivity index is 1.59. The highest BCUT2D eigenvalue weighted by molar-refractivity contribution is 5.91. The van der Waals surface area contributed by atoms with Crippen molar-refractivity contribution in [3.05, 3.63) is 47.5 Å². The molecular formula is C25H30F3N5O3. The van der Waals surface area contributed by atoms with Gasteiger partial charge >= 0.3 is 12.2 Å². The number of aliphatic hydroxyl groups is 1. The molecule has 4 rings (SSSR count). The van der Waals surface area contributed by atoms with Gasteiger partial charge in [-0.1, -0.05) is 12.1 Å². The molecule has 11 heteroatoms. The lowest BCUT2D eigenvalue weighted by Gasteiger charge is -2.29. The number of nitrogens with zero attached hydrogens (tertiary/aromatic N) is 3. The zero-order valence-electron chi connectivity index (χ0n) is 20.2. The maximum absolute atomic E-state index is 12.9. The number of carbonyl (C=O) groups excluding carboxylic acids is 1. The van der Waals surface area contributed by atoms with Gasteiger partial charge in [0.25, 0.3) is 0 Å². The second-order valence-electron chi connectivity index (χ2n) is 8.99. The van der Waals surface area contributed by atoms with Gasteiger partial charge in [-0.05, 0) is 54.8 Å². The number of rotatable bonds is 6. The molecule has 0 unspecified atom stereocenters. The van der Waals surface area contributed by atoms with Crippen LogP contribution in [0.4, 0.5) is 35.3 Å². The summed E-state index contributed by atoms with van der Waals surface area (Å²) >= 11 is 0. The summed E-state index contributed by atoms with van der Waals surface area (Å²) < 4.78 is 44.3. The van der Waals surface area contributed by atoms with Crippen LogP contribution >= 0.6 is 0 Å². The van der Waals surface area contributed by atoms with Crippen LogP contribution in [-0.2, 0) is 4.74 Å². The lowest BCUT2D eigenvalue weighted by molar-refractivity contribution is -0.0929. The van der Waals surface area contributed by atoms with Crippen LogP contribution < -0.4 is 15.5 Å². The lowest BCUT2D eigenvalue weighted by Crippen LogP contribution is -2.37. The highest BCUT2D eigenvalue weighted by atomic mass is 19.4. The van der Waals surface area contributed by atoms with Crippen LogP contribution in [0.15, 0.2) is 42.0 Å². The van der Waals surface area contributed by atoms with E-state index in [1.807, 2.05) is 32.0 Å². The van der Waals surface area contributed by atoms with Gasteiger partial charge in [0.15, 0.2) is 0 Å². The van der Waals surface area contributed by atoms with Gasteiger partial charge in [0.2, 0.25) is 0 Å². The first-order valence-corrected chi connectivity index (χ1v) is 11.8. The Morgan fingerprint density at radius 3 is 2.64 bits per heavy atom. The van der Waals surface area contributed by atoms with Crippen molar-refractivity contribution >= 4 is 23.4 Å². The number of halogens is 3. The summed E-state index contributed by atoms with van der Waals surface area (Å²) in [6.07, 6.45) is -3.41. The summed E-state index contributed by atoms with van der Waals surface area (Å²) in [4.78, 5) is 20.6. The average Bonchev–Trinajstić information content (AvgIpc) is 3.37. The molecule has 1 aromatic heterocycles. The fourth-order valence-corrected chi connectivity index (χ4v) is 4.13. The molecule has 0 radical (unpaired) electrons. The zero-order chi connectivity index (χ0) is 25.9. The Morgan fingerprint density at radius 2 is 1.97 bits per heavy atom. The van der Waals surface area contributed by atoms with E-state index in [-0.39, 0.29) is 19.2 Å². The van der Waals surface area contributed by atoms with Crippen molar-refractivity contribution in [2.75, 3.05) is 61.5 Å². The Bertz CT molecular complexity index is 1130. The van der Waals surface area contributed by atoms with Crippen LogP contribution in [0.1, 0.15) is 12.5 Å². The number of aromatic nitrogens is 1. The normalized spacial score (nSPS) is 17.1. The van der Waals surface area contributed by atoms with Crippen LogP contribution in [0, 0.1) is 6.92 Å². The summed E-state index contributed by atoms with van der Waals surface area (Å²) in [5.41, 5.74) is 2.42. The number of pyridine rings is 1. The van der Waals surface area contributed by atoms with Crippen LogP contribution in [0.3, 0.4) is 0 Å². The van der Waals surface area contributed by atoms with Crippen molar-refractivity contribution in [3.63, 3.8) is 0 Å². The highest BCUT2D eigenvalue weighted by Gasteiger charge is 2.38. The summed E-state index contributed by atoms with van der Waals surface area (Å²) in [5, 5.41) is 15.4. The van der Waals surface area contributed by atoms with Gasteiger partial charge in [-0.2, -0.15) is 13.2 Å². The van der Waals surface area contributed by atoms with E-state index in [4.69, 9.17) is 9.72 Å². The van der Waals surface area contributed by atoms with Crippen molar-refractivity contribution in [1.82, 2.24) is 9.88 Å². The average molecular weight is 506 g/mol. The fraction of sp³-hybridized carbons (Fsp3) is 0.440. The molecular weight excluding hydrogens is 475 g/mol. The molecule has 1 atom stereocenters. The maximum atomic E-state index is 12.9. The van der Waals surface area contributed by atoms with Crippen molar-refractivity contribution in [3.8, 4) is 11.1 Å². The molecule has 3 heterocycles. The molecule has 1 aromatic carbocycles. The molecule has 8 nitrogen and oxygen atoms in total. The minimum absolute atomic E-state index is 0.0548. The van der Waals surface area contributed by atoms with Gasteiger partial charge in [-0.15, -0.1) is 0 Å². The Kier molecular flexibility index (Phi) is 7.70. The quantitative estimate of drug-likeness (QED) is 0.514. The molecule has 36 heavy (non-hydrogen) atoms. The monoisotopic (exact) mass is 505 g/mol. The fourth-order valence-electron chi connectivity index (χ4n) is 4.13. The topological polar surface area (TPSA) is 90.0 Å². The van der Waals surface area contributed by atoms with Crippen molar-refractivity contribution < 1.29 is 27.8 Å². The standard InChI is InChI=1S/C25H30F3N5O3/c1-16-3-4-20(30-24(35)33-6-5-19(14-33)25(26,27)28)13-21(16)18-11-22(29-17(2)15-34)31-23(12-18)32-7-9-36-10-8-32/h3-5,11-13,17,34H,6-10,14-15H2,1-2H3,(H,29,31)(H,30,35)/t17-/m1/s1. The van der Waals surface area contributed by atoms with E-state index in [9.17, 15) is 23.1 Å². The van der Waals surface area contributed by atoms with Crippen molar-refractivity contribution in [2.45, 2.75) is 26.1 Å². The molecule has 2 aliphatic rings. The predicted molar refractivity (Wildman–Crippen MR) is 132 cm³/mol. The smallest absolute Gasteiger partial charge is 0.394 e. The van der Waals surface area contributed by atoms with Gasteiger partial charge in [0.05, 0.1) is 31.9 Å². The van der Waals surface area contributed by atoms with E-state index in [0.717, 1.165) is 33.5 Å². The largest absolute Gasteiger partial charge is 0.414 e. The third-order valence-corrected chi connectivity index (χ3v) is 6.19. The van der Waals surface area contributed by atoms with Gasteiger partial charge in [-0.3, -0.25) is 0 Å². The molecule has 0 bridgehead atoms. The molecule has 3 N–H and O–H groups in total. The van der Waals surface area contributed by atoms with Crippen molar-refractivity contribution in [2.24, 2.45) is 0 Å². The number of alkyl halides is 3. The number of nitrogens with one attached hydrogen (secondary N) is 2. The van der Waals surface area contributed by atoms with Gasteiger partial charge in [0, 0.05) is 31.4 Å². The minimum Gasteiger partial charge on any atom is -0.394 e. The van der Waals surface area contributed by atoms with Gasteiger partial charge < -0.3 is 30.3 Å². The zero-order valence-corrected chi connectivity index (χ0v) is 20.2. The number of hydrogen-bond donors (Lipinski definition) is 3. The summed E-state index contributed by atoms with van der Waals surface area (Å²) in [5.74, 6) is 1.37. The Labute approximate surface area is 207 Å². The summed E-state index contributed by atoms with van der Waals surface area (Å²) in [6.45, 7) is 5.77. The van der Waals surface area contributed by atoms with Gasteiger partial charge in [-0.25, -0.2) is 9.78 Å². The van der Waals surface area contributed by atoms with Crippen molar-refractivity contribution in [1.29, 1.82) is 0 Å². The first-order valence-electron chi connectivity index (χ1n) is 11.8. The SMILES string of the molecule is Cc1ccc(NC(=O)N2CC=C(C(F)(F)F)C2)cc1-c1cc(N[C@H](C)CO)nc(N2CCOCC2)c1. The third-order valence-electron chi connectivity index (χ3n) is 6.19. The van der Waals surface area contributed by atoms with E-state index >= 15 is 0 Å². The summed E-state index contributed by atoms with van der Waals surface area (Å²) in [7, 11) is 0. The predicted octanol–water partition coefficient (Wildman–Crippen LogP) is 4.02. The number of ether oxygens (including phenoxy) is 1. The molecule has 0 saturated carbocycles. The number of urea groups is 1. The molecule has 2 amide bonds. The van der Waals surface area contributed by atoms with Crippen LogP contribution in [0.25, 0.3) is 11.1 Å². The minimum atomic E-state index is -4.44. The number of morpholine rings is 1. The molecule has 2 aliphatic heterocycles. The summed E-state index contributed by atoms with van der Waals surface area (Å²) in [6, 6.07) is 8.43. The van der Waals surface area contributed by atoms with Crippen LogP contribution in [0.5, 0.6) is 0 Å². The third kappa shape index (κ3) is 6.08. The van der Waals surface area contributed by atoms with Crippen LogP contribution in [-0.4, -0.2) is 79.2 Å². The highest BCUT2D eigenvalue weighted by Crippen LogP contribution is 2.33. The second kappa shape index (κ2) is 10.8. The number of hydrogen-bond acceptors (Lipinski definition) is 6. The maximum Gasteiger partial charge on any atom is 0.414 e. The number of amides is 2. The first-order chi connectivity index (χ1) is 17.1. The Morgan fingerprint density at radius 1 is 1.22 bits per heavy atom. The lowest BCUT2D eigenvalue weighted by atomic mass is 10.00. The molecule has 2 aromatic rings. The number of aliphatic hydroxyl groups excluding tert-OH is 1. The molecule has 0 spiro atoms. The van der Waals surface area contributed by atoms with Crippen LogP contribution in [0.2, 0.25) is 0 Å². The second-order valence-corrected chi connectivity index (χ2v) is 8.99. The molecule has 1 saturated heterocycles. The number of aryl methyl sites for hydroxylation is 1. The van der Waals surface area contributed by atoms with E-state index in [1.165, 1.54) is 0 Å². The number of benzene rings is 1. The van der Waals surface area contributed by atoms with E-state index in [0.29, 0.717) is 37.8 Å². The number of anilines is 3. The Hall–Kier alpha value is -3.31. The molecule has 0 aliphatic carbocycles. The van der Waals surface area contributed by atoms with E-state index in [2.05, 4.69) is 15.5 Å². The first kappa shape index (κ1) is 25.8. The number of carbonyl (C=O) groups is 1.